The molecule has 0 aromatic rings. The molecule has 0 aliphatic carbocycles. The third-order valence-electron chi connectivity index (χ3n) is 1.92. The number of aliphatic carboxylic acids is 1. The van der Waals surface area contributed by atoms with E-state index in [-0.39, 0.29) is 5.91 Å². The molecule has 4 nitrogen and oxygen atoms in total. The Hall–Kier alpha value is -1.32. The summed E-state index contributed by atoms with van der Waals surface area (Å²) < 4.78 is 0. The minimum Gasteiger partial charge on any atom is -0.479 e. The van der Waals surface area contributed by atoms with E-state index in [4.69, 9.17) is 5.11 Å². The number of carbonyl (C=O) groups excluding carboxylic acids is 1. The van der Waals surface area contributed by atoms with Crippen LogP contribution in [0.4, 0.5) is 0 Å². The van der Waals surface area contributed by atoms with Gasteiger partial charge in [0.1, 0.15) is 6.04 Å². The van der Waals surface area contributed by atoms with Gasteiger partial charge in [0.05, 0.1) is 0 Å². The van der Waals surface area contributed by atoms with Crippen LogP contribution in [0, 0.1) is 0 Å². The molecule has 1 amide bonds. The van der Waals surface area contributed by atoms with Crippen LogP contribution < -0.4 is 0 Å². The number of hydrogen-bond donors (Lipinski definition) is 1. The number of carboxylic acid groups (broad SMARTS) is 1. The van der Waals surface area contributed by atoms with Crippen molar-refractivity contribution in [2.24, 2.45) is 0 Å². The van der Waals surface area contributed by atoms with Gasteiger partial charge in [0, 0.05) is 13.0 Å². The summed E-state index contributed by atoms with van der Waals surface area (Å²) in [5, 5.41) is 8.69. The van der Waals surface area contributed by atoms with Crippen molar-refractivity contribution < 1.29 is 14.7 Å². The molecule has 0 bridgehead atoms. The van der Waals surface area contributed by atoms with Crippen molar-refractivity contribution in [1.82, 2.24) is 4.90 Å². The second-order valence-electron chi connectivity index (χ2n) is 2.71. The maximum absolute atomic E-state index is 11.1. The lowest BCUT2D eigenvalue weighted by molar-refractivity contribution is -0.146. The standard InChI is InChI=1S/C8H11NO3/c1-2-6(8(11)12)9-5-3-4-7(9)10/h2,6H,1,3-5H2,(H,11,12). The SMILES string of the molecule is C=CC(C(=O)O)N1CCCC1=O. The van der Waals surface area contributed by atoms with Crippen molar-refractivity contribution in [1.29, 1.82) is 0 Å². The van der Waals surface area contributed by atoms with Crippen LogP contribution in [0.15, 0.2) is 12.7 Å². The van der Waals surface area contributed by atoms with Crippen molar-refractivity contribution in [3.8, 4) is 0 Å². The number of rotatable bonds is 3. The molecule has 1 saturated heterocycles. The number of amides is 1. The molecule has 1 unspecified atom stereocenters. The lowest BCUT2D eigenvalue weighted by atomic mass is 10.2. The first-order valence-corrected chi connectivity index (χ1v) is 3.81. The van der Waals surface area contributed by atoms with Gasteiger partial charge in [-0.05, 0) is 6.42 Å². The molecule has 1 heterocycles. The molecule has 12 heavy (non-hydrogen) atoms. The van der Waals surface area contributed by atoms with Gasteiger partial charge in [-0.15, -0.1) is 6.58 Å². The highest BCUT2D eigenvalue weighted by Crippen LogP contribution is 2.14. The van der Waals surface area contributed by atoms with E-state index in [9.17, 15) is 9.59 Å². The molecule has 0 aromatic heterocycles. The Labute approximate surface area is 70.5 Å². The quantitative estimate of drug-likeness (QED) is 0.616. The van der Waals surface area contributed by atoms with Crippen LogP contribution in [0.1, 0.15) is 12.8 Å². The van der Waals surface area contributed by atoms with Gasteiger partial charge in [-0.25, -0.2) is 4.79 Å². The highest BCUT2D eigenvalue weighted by molar-refractivity contribution is 5.86. The number of carboxylic acids is 1. The lowest BCUT2D eigenvalue weighted by Crippen LogP contribution is -2.40. The predicted octanol–water partition coefficient (Wildman–Crippen LogP) is 0.248. The number of nitrogens with zero attached hydrogens (tertiary/aromatic N) is 1. The average Bonchev–Trinajstić information content (AvgIpc) is 2.38. The Morgan fingerprint density at radius 3 is 2.75 bits per heavy atom. The zero-order valence-corrected chi connectivity index (χ0v) is 6.69. The molecule has 1 aliphatic rings. The molecule has 1 fully saturated rings. The zero-order chi connectivity index (χ0) is 9.14. The summed E-state index contributed by atoms with van der Waals surface area (Å²) in [6.07, 6.45) is 2.49. The Morgan fingerprint density at radius 1 is 1.75 bits per heavy atom. The summed E-state index contributed by atoms with van der Waals surface area (Å²) in [6, 6.07) is -0.847. The Balaban J connectivity index is 2.71. The molecule has 66 valence electrons. The van der Waals surface area contributed by atoms with E-state index in [0.717, 1.165) is 6.42 Å². The van der Waals surface area contributed by atoms with Crippen molar-refractivity contribution in [2.75, 3.05) is 6.54 Å². The van der Waals surface area contributed by atoms with E-state index in [0.29, 0.717) is 13.0 Å². The summed E-state index contributed by atoms with van der Waals surface area (Å²) >= 11 is 0. The van der Waals surface area contributed by atoms with Crippen LogP contribution in [0.25, 0.3) is 0 Å². The van der Waals surface area contributed by atoms with Crippen molar-refractivity contribution >= 4 is 11.9 Å². The number of likely N-dealkylation sites (tertiary alicyclic amines) is 1. The smallest absolute Gasteiger partial charge is 0.330 e. The maximum atomic E-state index is 11.1. The molecule has 0 aromatic carbocycles. The first-order chi connectivity index (χ1) is 5.66. The third-order valence-corrected chi connectivity index (χ3v) is 1.92. The van der Waals surface area contributed by atoms with E-state index < -0.39 is 12.0 Å². The maximum Gasteiger partial charge on any atom is 0.330 e. The van der Waals surface area contributed by atoms with Crippen molar-refractivity contribution in [3.63, 3.8) is 0 Å². The van der Waals surface area contributed by atoms with E-state index in [2.05, 4.69) is 6.58 Å². The van der Waals surface area contributed by atoms with Crippen LogP contribution >= 0.6 is 0 Å². The molecule has 0 saturated carbocycles. The Kier molecular flexibility index (Phi) is 2.47. The highest BCUT2D eigenvalue weighted by Gasteiger charge is 2.30. The summed E-state index contributed by atoms with van der Waals surface area (Å²) in [7, 11) is 0. The number of hydrogen-bond acceptors (Lipinski definition) is 2. The van der Waals surface area contributed by atoms with Gasteiger partial charge in [-0.3, -0.25) is 4.79 Å². The van der Waals surface area contributed by atoms with Crippen LogP contribution in [-0.4, -0.2) is 34.5 Å². The van der Waals surface area contributed by atoms with Crippen LogP contribution in [0.5, 0.6) is 0 Å². The van der Waals surface area contributed by atoms with E-state index >= 15 is 0 Å². The Bertz CT molecular complexity index is 224. The van der Waals surface area contributed by atoms with Crippen molar-refractivity contribution in [3.05, 3.63) is 12.7 Å². The van der Waals surface area contributed by atoms with E-state index in [1.54, 1.807) is 0 Å². The van der Waals surface area contributed by atoms with Crippen molar-refractivity contribution in [2.45, 2.75) is 18.9 Å². The molecule has 1 N–H and O–H groups in total. The summed E-state index contributed by atoms with van der Waals surface area (Å²) in [5.41, 5.74) is 0. The highest BCUT2D eigenvalue weighted by atomic mass is 16.4. The molecular weight excluding hydrogens is 158 g/mol. The molecule has 1 aliphatic heterocycles. The lowest BCUT2D eigenvalue weighted by Gasteiger charge is -2.20. The van der Waals surface area contributed by atoms with Gasteiger partial charge < -0.3 is 10.0 Å². The van der Waals surface area contributed by atoms with Crippen LogP contribution in [0.2, 0.25) is 0 Å². The number of carbonyl (C=O) groups is 2. The molecule has 1 atom stereocenters. The van der Waals surface area contributed by atoms with Crippen LogP contribution in [-0.2, 0) is 9.59 Å². The normalized spacial score (nSPS) is 19.3. The monoisotopic (exact) mass is 169 g/mol. The molecular formula is C8H11NO3. The second kappa shape index (κ2) is 3.38. The fourth-order valence-corrected chi connectivity index (χ4v) is 1.32. The second-order valence-corrected chi connectivity index (χ2v) is 2.71. The van der Waals surface area contributed by atoms with Gasteiger partial charge in [0.15, 0.2) is 0 Å². The summed E-state index contributed by atoms with van der Waals surface area (Å²) in [6.45, 7) is 3.92. The minimum atomic E-state index is -1.01. The fourth-order valence-electron chi connectivity index (χ4n) is 1.32. The fraction of sp³-hybridized carbons (Fsp3) is 0.500. The minimum absolute atomic E-state index is 0.0951. The third kappa shape index (κ3) is 1.47. The van der Waals surface area contributed by atoms with E-state index in [1.807, 2.05) is 0 Å². The average molecular weight is 169 g/mol. The summed E-state index contributed by atoms with van der Waals surface area (Å²) in [4.78, 5) is 23.0. The van der Waals surface area contributed by atoms with Gasteiger partial charge in [-0.2, -0.15) is 0 Å². The van der Waals surface area contributed by atoms with Gasteiger partial charge in [-0.1, -0.05) is 6.08 Å². The van der Waals surface area contributed by atoms with Gasteiger partial charge in [0.25, 0.3) is 0 Å². The molecule has 0 radical (unpaired) electrons. The van der Waals surface area contributed by atoms with Crippen LogP contribution in [0.3, 0.4) is 0 Å². The van der Waals surface area contributed by atoms with Gasteiger partial charge in [0.2, 0.25) is 5.91 Å². The molecule has 4 heteroatoms. The largest absolute Gasteiger partial charge is 0.479 e. The van der Waals surface area contributed by atoms with E-state index in [1.165, 1.54) is 11.0 Å². The predicted molar refractivity (Wildman–Crippen MR) is 42.6 cm³/mol. The molecule has 0 spiro atoms. The zero-order valence-electron chi connectivity index (χ0n) is 6.69. The summed E-state index contributed by atoms with van der Waals surface area (Å²) in [5.74, 6) is -1.11. The molecule has 1 rings (SSSR count). The Morgan fingerprint density at radius 2 is 2.42 bits per heavy atom. The first kappa shape index (κ1) is 8.77. The topological polar surface area (TPSA) is 57.6 Å². The first-order valence-electron chi connectivity index (χ1n) is 3.81. The van der Waals surface area contributed by atoms with Gasteiger partial charge >= 0.3 is 5.97 Å².